The van der Waals surface area contributed by atoms with Gasteiger partial charge in [0.1, 0.15) is 0 Å². The van der Waals surface area contributed by atoms with Crippen molar-refractivity contribution in [3.8, 4) is 0 Å². The van der Waals surface area contributed by atoms with Gasteiger partial charge in [-0.3, -0.25) is 4.90 Å². The van der Waals surface area contributed by atoms with E-state index in [1.54, 1.807) is 0 Å². The molecule has 2 atom stereocenters. The number of hydrogen-bond acceptors (Lipinski definition) is 2. The van der Waals surface area contributed by atoms with Gasteiger partial charge in [-0.05, 0) is 44.6 Å². The summed E-state index contributed by atoms with van der Waals surface area (Å²) >= 11 is 0. The summed E-state index contributed by atoms with van der Waals surface area (Å²) in [5.41, 5.74) is 1.36. The van der Waals surface area contributed by atoms with Gasteiger partial charge in [0.2, 0.25) is 0 Å². The summed E-state index contributed by atoms with van der Waals surface area (Å²) < 4.78 is 0. The van der Waals surface area contributed by atoms with Crippen molar-refractivity contribution >= 4 is 0 Å². The van der Waals surface area contributed by atoms with Gasteiger partial charge in [0, 0.05) is 31.2 Å². The summed E-state index contributed by atoms with van der Waals surface area (Å²) in [5, 5.41) is 3.55. The molecule has 1 saturated carbocycles. The summed E-state index contributed by atoms with van der Waals surface area (Å²) in [7, 11) is 0. The Kier molecular flexibility index (Phi) is 4.04. The topological polar surface area (TPSA) is 15.3 Å². The fourth-order valence-corrected chi connectivity index (χ4v) is 2.74. The van der Waals surface area contributed by atoms with Crippen LogP contribution in [0.5, 0.6) is 0 Å². The van der Waals surface area contributed by atoms with E-state index in [9.17, 15) is 0 Å². The molecule has 2 aliphatic rings. The van der Waals surface area contributed by atoms with Gasteiger partial charge >= 0.3 is 0 Å². The van der Waals surface area contributed by atoms with Crippen LogP contribution in [0.25, 0.3) is 0 Å². The Morgan fingerprint density at radius 2 is 2.06 bits per heavy atom. The van der Waals surface area contributed by atoms with E-state index in [2.05, 4.69) is 30.6 Å². The van der Waals surface area contributed by atoms with Crippen LogP contribution < -0.4 is 5.32 Å². The molecule has 0 radical (unpaired) electrons. The smallest absolute Gasteiger partial charge is 0.0208 e. The summed E-state index contributed by atoms with van der Waals surface area (Å²) in [6.45, 7) is 11.0. The molecule has 1 saturated heterocycles. The molecule has 2 fully saturated rings. The molecule has 0 aromatic rings. The van der Waals surface area contributed by atoms with Crippen LogP contribution in [0, 0.1) is 0 Å². The number of nitrogens with zero attached hydrogens (tertiary/aromatic N) is 1. The zero-order valence-electron chi connectivity index (χ0n) is 10.8. The first kappa shape index (κ1) is 12.1. The van der Waals surface area contributed by atoms with Crippen LogP contribution in [0.4, 0.5) is 0 Å². The van der Waals surface area contributed by atoms with E-state index in [0.717, 1.165) is 31.2 Å². The van der Waals surface area contributed by atoms with Gasteiger partial charge in [-0.15, -0.1) is 0 Å². The maximum atomic E-state index is 4.22. The predicted octanol–water partition coefficient (Wildman–Crippen LogP) is 2.56. The maximum Gasteiger partial charge on any atom is 0.0208 e. The van der Waals surface area contributed by atoms with Gasteiger partial charge in [-0.1, -0.05) is 13.5 Å². The third-order valence-electron chi connectivity index (χ3n) is 4.05. The Hall–Kier alpha value is -0.340. The lowest BCUT2D eigenvalue weighted by Gasteiger charge is -2.28. The van der Waals surface area contributed by atoms with Crippen molar-refractivity contribution in [1.82, 2.24) is 10.2 Å². The van der Waals surface area contributed by atoms with E-state index >= 15 is 0 Å². The van der Waals surface area contributed by atoms with Gasteiger partial charge in [0.25, 0.3) is 0 Å². The molecule has 0 bridgehead atoms. The van der Waals surface area contributed by atoms with Crippen molar-refractivity contribution in [2.45, 2.75) is 64.1 Å². The molecule has 1 aliphatic carbocycles. The number of rotatable bonds is 6. The quantitative estimate of drug-likeness (QED) is 0.695. The second-order valence-corrected chi connectivity index (χ2v) is 5.57. The lowest BCUT2D eigenvalue weighted by Crippen LogP contribution is -2.37. The molecule has 2 heteroatoms. The summed E-state index contributed by atoms with van der Waals surface area (Å²) in [6.07, 6.45) is 6.76. The highest BCUT2D eigenvalue weighted by Gasteiger charge is 2.29. The Balaban J connectivity index is 1.75. The van der Waals surface area contributed by atoms with Gasteiger partial charge in [-0.2, -0.15) is 0 Å². The van der Waals surface area contributed by atoms with E-state index in [-0.39, 0.29) is 0 Å². The maximum absolute atomic E-state index is 4.22. The number of nitrogens with one attached hydrogen (secondary N) is 1. The van der Waals surface area contributed by atoms with Crippen LogP contribution in [0.3, 0.4) is 0 Å². The Morgan fingerprint density at radius 1 is 1.31 bits per heavy atom. The first-order chi connectivity index (χ1) is 7.70. The average molecular weight is 222 g/mol. The molecule has 1 aliphatic heterocycles. The molecule has 1 heterocycles. The Bertz CT molecular complexity index is 245. The van der Waals surface area contributed by atoms with Crippen molar-refractivity contribution in [2.75, 3.05) is 13.1 Å². The van der Waals surface area contributed by atoms with Crippen LogP contribution in [0.15, 0.2) is 12.2 Å². The number of likely N-dealkylation sites (tertiary alicyclic amines) is 1. The molecule has 0 amide bonds. The SMILES string of the molecule is C=C(CNC1CC1)CN1C(C)CCC1CC. The highest BCUT2D eigenvalue weighted by Crippen LogP contribution is 2.26. The van der Waals surface area contributed by atoms with Gasteiger partial charge in [-0.25, -0.2) is 0 Å². The van der Waals surface area contributed by atoms with Crippen LogP contribution in [-0.2, 0) is 0 Å². The molecule has 2 unspecified atom stereocenters. The first-order valence-corrected chi connectivity index (χ1v) is 6.86. The largest absolute Gasteiger partial charge is 0.310 e. The predicted molar refractivity (Wildman–Crippen MR) is 69.6 cm³/mol. The van der Waals surface area contributed by atoms with E-state index in [1.165, 1.54) is 37.7 Å². The molecule has 1 N–H and O–H groups in total. The average Bonchev–Trinajstić information content (AvgIpc) is 3.03. The third kappa shape index (κ3) is 3.08. The second kappa shape index (κ2) is 5.33. The number of hydrogen-bond donors (Lipinski definition) is 1. The minimum Gasteiger partial charge on any atom is -0.310 e. The van der Waals surface area contributed by atoms with Gasteiger partial charge in [0.05, 0.1) is 0 Å². The molecule has 2 rings (SSSR count). The molecule has 0 aromatic carbocycles. The van der Waals surface area contributed by atoms with Crippen molar-refractivity contribution in [3.63, 3.8) is 0 Å². The lowest BCUT2D eigenvalue weighted by molar-refractivity contribution is 0.215. The fourth-order valence-electron chi connectivity index (χ4n) is 2.74. The van der Waals surface area contributed by atoms with Crippen molar-refractivity contribution in [2.24, 2.45) is 0 Å². The van der Waals surface area contributed by atoms with Crippen LogP contribution in [0.2, 0.25) is 0 Å². The van der Waals surface area contributed by atoms with Crippen LogP contribution >= 0.6 is 0 Å². The zero-order valence-corrected chi connectivity index (χ0v) is 10.8. The Morgan fingerprint density at radius 3 is 2.69 bits per heavy atom. The normalized spacial score (nSPS) is 30.9. The molecule has 0 aromatic heterocycles. The molecular weight excluding hydrogens is 196 g/mol. The summed E-state index contributed by atoms with van der Waals surface area (Å²) in [6, 6.07) is 2.35. The van der Waals surface area contributed by atoms with E-state index in [4.69, 9.17) is 0 Å². The minimum absolute atomic E-state index is 0.752. The monoisotopic (exact) mass is 222 g/mol. The first-order valence-electron chi connectivity index (χ1n) is 6.86. The zero-order chi connectivity index (χ0) is 11.5. The van der Waals surface area contributed by atoms with E-state index in [0.29, 0.717) is 0 Å². The third-order valence-corrected chi connectivity index (χ3v) is 4.05. The highest BCUT2D eigenvalue weighted by atomic mass is 15.2. The van der Waals surface area contributed by atoms with E-state index < -0.39 is 0 Å². The molecule has 2 nitrogen and oxygen atoms in total. The summed E-state index contributed by atoms with van der Waals surface area (Å²) in [5.74, 6) is 0. The minimum atomic E-state index is 0.752. The van der Waals surface area contributed by atoms with Crippen molar-refractivity contribution < 1.29 is 0 Å². The molecule has 16 heavy (non-hydrogen) atoms. The second-order valence-electron chi connectivity index (χ2n) is 5.57. The van der Waals surface area contributed by atoms with E-state index in [1.807, 2.05) is 0 Å². The van der Waals surface area contributed by atoms with Gasteiger partial charge < -0.3 is 5.32 Å². The van der Waals surface area contributed by atoms with Crippen LogP contribution in [-0.4, -0.2) is 36.1 Å². The Labute approximate surface area is 100 Å². The molecule has 92 valence electrons. The van der Waals surface area contributed by atoms with Crippen molar-refractivity contribution in [1.29, 1.82) is 0 Å². The van der Waals surface area contributed by atoms with Crippen molar-refractivity contribution in [3.05, 3.63) is 12.2 Å². The molecule has 0 spiro atoms. The molecular formula is C14H26N2. The van der Waals surface area contributed by atoms with Gasteiger partial charge in [0.15, 0.2) is 0 Å². The summed E-state index contributed by atoms with van der Waals surface area (Å²) in [4.78, 5) is 2.65. The van der Waals surface area contributed by atoms with Crippen LogP contribution in [0.1, 0.15) is 46.0 Å². The fraction of sp³-hybridized carbons (Fsp3) is 0.857. The lowest BCUT2D eigenvalue weighted by atomic mass is 10.1. The highest BCUT2D eigenvalue weighted by molar-refractivity contribution is 5.04. The standard InChI is InChI=1S/C14H26N2/c1-4-14-8-5-12(3)16(14)10-11(2)9-15-13-6-7-13/h12-15H,2,4-10H2,1,3H3.